The van der Waals surface area contributed by atoms with Crippen molar-refractivity contribution in [3.8, 4) is 46.2 Å². The first kappa shape index (κ1) is 52.9. The molecule has 0 saturated carbocycles. The first-order valence-electron chi connectivity index (χ1n) is 24.7. The highest BCUT2D eigenvalue weighted by molar-refractivity contribution is 5.89. The first-order chi connectivity index (χ1) is 34.2. The molecule has 0 fully saturated rings. The van der Waals surface area contributed by atoms with E-state index in [2.05, 4.69) is 87.0 Å². The van der Waals surface area contributed by atoms with Crippen molar-refractivity contribution in [1.29, 1.82) is 0 Å². The Hall–Kier alpha value is -6.96. The number of carbonyl (C=O) groups is 2. The minimum absolute atomic E-state index is 0.0496. The highest BCUT2D eigenvalue weighted by Crippen LogP contribution is 2.41. The zero-order valence-corrected chi connectivity index (χ0v) is 42.8. The maximum absolute atomic E-state index is 15.7. The summed E-state index contributed by atoms with van der Waals surface area (Å²) < 4.78 is 65.0. The lowest BCUT2D eigenvalue weighted by Gasteiger charge is -2.40. The molecule has 4 aromatic carbocycles. The number of fused-ring (bicyclic) bond motifs is 2. The Morgan fingerprint density at radius 1 is 0.625 bits per heavy atom. The summed E-state index contributed by atoms with van der Waals surface area (Å²) in [6.45, 7) is 21.4. The van der Waals surface area contributed by atoms with Gasteiger partial charge in [-0.25, -0.2) is 36.5 Å². The van der Waals surface area contributed by atoms with Crippen LogP contribution < -0.4 is 22.1 Å². The smallest absolute Gasteiger partial charge is 0.316 e. The maximum atomic E-state index is 15.7. The van der Waals surface area contributed by atoms with Gasteiger partial charge in [0.1, 0.15) is 23.3 Å². The number of amides is 4. The van der Waals surface area contributed by atoms with E-state index in [0.717, 1.165) is 125 Å². The van der Waals surface area contributed by atoms with Crippen molar-refractivity contribution in [3.05, 3.63) is 129 Å². The molecule has 72 heavy (non-hydrogen) atoms. The number of hydrogen-bond acceptors (Lipinski definition) is 6. The number of aromatic nitrogens is 4. The summed E-state index contributed by atoms with van der Waals surface area (Å²) in [5.74, 6) is -0.0513. The molecule has 16 heteroatoms. The van der Waals surface area contributed by atoms with Crippen molar-refractivity contribution in [2.24, 2.45) is 11.5 Å². The van der Waals surface area contributed by atoms with Gasteiger partial charge >= 0.3 is 12.1 Å². The van der Waals surface area contributed by atoms with Crippen molar-refractivity contribution in [3.63, 3.8) is 0 Å². The topological polar surface area (TPSA) is 152 Å². The minimum atomic E-state index is -0.972. The molecule has 8 rings (SSSR count). The van der Waals surface area contributed by atoms with Gasteiger partial charge in [-0.2, -0.15) is 10.2 Å². The number of benzene rings is 4. The minimum Gasteiger partial charge on any atom is -0.351 e. The van der Waals surface area contributed by atoms with Crippen LogP contribution in [0.15, 0.2) is 60.7 Å². The molecule has 2 aromatic heterocycles. The molecular formula is C56H66F4N10O2. The molecule has 6 N–H and O–H groups in total. The molecule has 12 nitrogen and oxygen atoms in total. The molecule has 2 aliphatic heterocycles. The van der Waals surface area contributed by atoms with Crippen LogP contribution in [0.4, 0.5) is 38.5 Å². The van der Waals surface area contributed by atoms with Crippen molar-refractivity contribution in [2.45, 2.75) is 131 Å². The summed E-state index contributed by atoms with van der Waals surface area (Å²) in [5, 5.41) is 14.3. The van der Waals surface area contributed by atoms with E-state index in [1.54, 1.807) is 4.68 Å². The van der Waals surface area contributed by atoms with Crippen molar-refractivity contribution in [1.82, 2.24) is 29.4 Å². The molecule has 6 aromatic rings. The number of rotatable bonds is 13. The molecule has 4 amide bonds. The lowest BCUT2D eigenvalue weighted by atomic mass is 9.93. The Morgan fingerprint density at radius 3 is 1.35 bits per heavy atom. The fraction of sp³-hybridized carbons (Fsp3) is 0.393. The Balaban J connectivity index is 0.000000211. The molecule has 380 valence electrons. The van der Waals surface area contributed by atoms with Crippen LogP contribution >= 0.6 is 0 Å². The van der Waals surface area contributed by atoms with Crippen molar-refractivity contribution >= 4 is 23.4 Å². The summed E-state index contributed by atoms with van der Waals surface area (Å²) in [5.41, 5.74) is 19.9. The number of terminal acetylenes is 1. The van der Waals surface area contributed by atoms with Crippen LogP contribution in [0.2, 0.25) is 0 Å². The van der Waals surface area contributed by atoms with Gasteiger partial charge in [0.2, 0.25) is 0 Å². The normalized spacial score (nSPS) is 13.9. The molecule has 2 aliphatic rings. The number of anilines is 2. The van der Waals surface area contributed by atoms with Gasteiger partial charge in [-0.05, 0) is 94.2 Å². The highest BCUT2D eigenvalue weighted by atomic mass is 19.1. The largest absolute Gasteiger partial charge is 0.351 e. The summed E-state index contributed by atoms with van der Waals surface area (Å²) in [6.07, 6.45) is 11.2. The Morgan fingerprint density at radius 2 is 1.00 bits per heavy atom. The van der Waals surface area contributed by atoms with Crippen molar-refractivity contribution in [2.75, 3.05) is 23.7 Å². The quantitative estimate of drug-likeness (QED) is 0.0668. The van der Waals surface area contributed by atoms with Gasteiger partial charge in [0, 0.05) is 78.9 Å². The number of urea groups is 2. The molecule has 0 aliphatic carbocycles. The second-order valence-electron chi connectivity index (χ2n) is 19.5. The van der Waals surface area contributed by atoms with Gasteiger partial charge in [-0.1, -0.05) is 76.9 Å². The van der Waals surface area contributed by atoms with Gasteiger partial charge in [0.15, 0.2) is 0 Å². The van der Waals surface area contributed by atoms with E-state index >= 15 is 17.6 Å². The summed E-state index contributed by atoms with van der Waals surface area (Å²) >= 11 is 0. The Labute approximate surface area is 420 Å². The number of halogens is 4. The Bertz CT molecular complexity index is 3030. The van der Waals surface area contributed by atoms with Gasteiger partial charge in [0.05, 0.1) is 51.1 Å². The molecule has 0 saturated heterocycles. The first-order valence-corrected chi connectivity index (χ1v) is 24.7. The monoisotopic (exact) mass is 987 g/mol. The third-order valence-corrected chi connectivity index (χ3v) is 14.4. The maximum Gasteiger partial charge on any atom is 0.316 e. The number of nitrogens with one attached hydrogen (secondary N) is 2. The predicted octanol–water partition coefficient (Wildman–Crippen LogP) is 11.2. The lowest BCUT2D eigenvalue weighted by molar-refractivity contribution is 0.100. The lowest BCUT2D eigenvalue weighted by Crippen LogP contribution is -2.46. The van der Waals surface area contributed by atoms with Crippen LogP contribution in [-0.4, -0.2) is 65.6 Å². The Kier molecular flexibility index (Phi) is 15.7. The fourth-order valence-electron chi connectivity index (χ4n) is 9.82. The summed E-state index contributed by atoms with van der Waals surface area (Å²) in [6, 6.07) is 14.5. The number of carbonyl (C=O) groups excluding carboxylic acids is 2. The standard InChI is InChI=1S/C28H35F2N5O.C28H31F2N5O/c2*1-6-17-10-9-11-18(7-2)25(17)35-26(19-14-22(30)24(15-21(19)29)32-27(31)36)20-16-34(28(4,5)8-3)13-12-23(20)33-35/h9-11,14-15H,6-8,12-13,16H2,1-5H3,(H3,31,32,36);3,9-11,14-15H,6-7,12-13,16H2,1-2,4-5H3,(H3,31,32,36). The molecule has 0 unspecified atom stereocenters. The number of para-hydroxylation sites is 2. The van der Waals surface area contributed by atoms with Gasteiger partial charge in [0.25, 0.3) is 0 Å². The zero-order chi connectivity index (χ0) is 52.4. The second kappa shape index (κ2) is 21.4. The van der Waals surface area contributed by atoms with Crippen LogP contribution in [-0.2, 0) is 51.6 Å². The fourth-order valence-corrected chi connectivity index (χ4v) is 9.82. The number of hydrogen-bond donors (Lipinski definition) is 4. The van der Waals surface area contributed by atoms with Gasteiger partial charge in [-0.3, -0.25) is 9.80 Å². The summed E-state index contributed by atoms with van der Waals surface area (Å²) in [7, 11) is 0. The van der Waals surface area contributed by atoms with E-state index in [4.69, 9.17) is 28.1 Å². The second-order valence-corrected chi connectivity index (χ2v) is 19.5. The zero-order valence-electron chi connectivity index (χ0n) is 42.8. The van der Waals surface area contributed by atoms with Crippen LogP contribution in [0, 0.1) is 35.6 Å². The van der Waals surface area contributed by atoms with Crippen molar-refractivity contribution < 1.29 is 27.2 Å². The average molecular weight is 987 g/mol. The molecule has 4 heterocycles. The third-order valence-electron chi connectivity index (χ3n) is 14.4. The van der Waals surface area contributed by atoms with Gasteiger partial charge < -0.3 is 22.1 Å². The van der Waals surface area contributed by atoms with Crippen LogP contribution in [0.1, 0.15) is 114 Å². The molecule has 0 spiro atoms. The summed E-state index contributed by atoms with van der Waals surface area (Å²) in [4.78, 5) is 27.1. The van der Waals surface area contributed by atoms with E-state index in [-0.39, 0.29) is 28.0 Å². The van der Waals surface area contributed by atoms with E-state index in [1.165, 1.54) is 0 Å². The molecular weight excluding hydrogens is 921 g/mol. The SMILES string of the molecule is C#CC(C)(C)N1CCc2nn(-c3c(CC)cccc3CC)c(-c3cc(F)c(NC(N)=O)cc3F)c2C1.CCc1cccc(CC)c1-n1nc2c(c1-c1cc(F)c(NC(N)=O)cc1F)CN(C(C)(C)CC)CC2. The third kappa shape index (κ3) is 10.4. The molecule has 0 bridgehead atoms. The molecule has 0 atom stereocenters. The van der Waals surface area contributed by atoms with E-state index < -0.39 is 40.9 Å². The van der Waals surface area contributed by atoms with Crippen LogP contribution in [0.3, 0.4) is 0 Å². The highest BCUT2D eigenvalue weighted by Gasteiger charge is 2.36. The van der Waals surface area contributed by atoms with E-state index in [1.807, 2.05) is 42.8 Å². The van der Waals surface area contributed by atoms with Gasteiger partial charge in [-0.15, -0.1) is 6.42 Å². The average Bonchev–Trinajstić information content (AvgIpc) is 3.93. The predicted molar refractivity (Wildman–Crippen MR) is 277 cm³/mol. The number of nitrogens with two attached hydrogens (primary N) is 2. The van der Waals surface area contributed by atoms with Crippen LogP contribution in [0.25, 0.3) is 33.9 Å². The molecule has 0 radical (unpaired) electrons. The number of nitrogens with zero attached hydrogens (tertiary/aromatic N) is 6. The van der Waals surface area contributed by atoms with E-state index in [0.29, 0.717) is 37.4 Å². The van der Waals surface area contributed by atoms with Crippen LogP contribution in [0.5, 0.6) is 0 Å². The van der Waals surface area contributed by atoms with E-state index in [9.17, 15) is 9.59 Å². The number of primary amides is 2. The number of aryl methyl sites for hydroxylation is 4.